The summed E-state index contributed by atoms with van der Waals surface area (Å²) < 4.78 is 31.5. The molecule has 1 unspecified atom stereocenters. The largest absolute Gasteiger partial charge is 0.377 e. The van der Waals surface area contributed by atoms with Crippen LogP contribution in [0.3, 0.4) is 0 Å². The van der Waals surface area contributed by atoms with Crippen LogP contribution in [0.1, 0.15) is 19.3 Å². The maximum atomic E-state index is 11.8. The number of piperidine rings is 1. The first-order valence-corrected chi connectivity index (χ1v) is 8.07. The van der Waals surface area contributed by atoms with E-state index in [2.05, 4.69) is 15.7 Å². The van der Waals surface area contributed by atoms with E-state index in [0.29, 0.717) is 13.2 Å². The Balaban J connectivity index is 1.92. The summed E-state index contributed by atoms with van der Waals surface area (Å²) >= 11 is 0. The van der Waals surface area contributed by atoms with E-state index in [0.717, 1.165) is 39.0 Å². The Kier molecular flexibility index (Phi) is 4.77. The summed E-state index contributed by atoms with van der Waals surface area (Å²) in [6.45, 7) is 3.95. The van der Waals surface area contributed by atoms with E-state index < -0.39 is 10.0 Å². The Labute approximate surface area is 109 Å². The molecule has 5 nitrogen and oxygen atoms in total. The zero-order valence-corrected chi connectivity index (χ0v) is 11.7. The molecule has 0 aliphatic carbocycles. The number of hydrogen-bond donors (Lipinski definition) is 1. The molecule has 2 aliphatic rings. The first-order valence-electron chi connectivity index (χ1n) is 6.52. The second kappa shape index (κ2) is 6.14. The molecule has 1 saturated heterocycles. The number of likely N-dealkylation sites (tertiary alicyclic amines) is 1. The van der Waals surface area contributed by atoms with Crippen molar-refractivity contribution in [3.05, 3.63) is 11.6 Å². The van der Waals surface area contributed by atoms with Gasteiger partial charge in [-0.2, -0.15) is 0 Å². The number of hydrogen-bond acceptors (Lipinski definition) is 4. The molecule has 0 saturated carbocycles. The highest BCUT2D eigenvalue weighted by molar-refractivity contribution is 7.90. The fourth-order valence-electron chi connectivity index (χ4n) is 2.58. The third-order valence-corrected chi connectivity index (χ3v) is 5.43. The molecular weight excluding hydrogens is 252 g/mol. The van der Waals surface area contributed by atoms with Gasteiger partial charge in [0.25, 0.3) is 0 Å². The zero-order chi connectivity index (χ0) is 13.0. The van der Waals surface area contributed by atoms with Crippen molar-refractivity contribution in [2.45, 2.75) is 24.5 Å². The van der Waals surface area contributed by atoms with Crippen LogP contribution in [0.25, 0.3) is 0 Å². The molecule has 6 heteroatoms. The van der Waals surface area contributed by atoms with Gasteiger partial charge in [-0.3, -0.25) is 4.90 Å². The fraction of sp³-hybridized carbons (Fsp3) is 0.833. The molecule has 0 spiro atoms. The minimum Gasteiger partial charge on any atom is -0.377 e. The van der Waals surface area contributed by atoms with Crippen LogP contribution in [-0.4, -0.2) is 58.5 Å². The standard InChI is InChI=1S/C12H22N2O3S/c1-13-18(15,16)12-5-2-6-14(9-12)8-11-4-3-7-17-10-11/h4,12-13H,2-3,5-10H2,1H3. The summed E-state index contributed by atoms with van der Waals surface area (Å²) in [6.07, 6.45) is 4.90. The van der Waals surface area contributed by atoms with Gasteiger partial charge in [-0.25, -0.2) is 13.1 Å². The molecule has 0 bridgehead atoms. The molecule has 2 aliphatic heterocycles. The molecule has 0 radical (unpaired) electrons. The summed E-state index contributed by atoms with van der Waals surface area (Å²) in [5.74, 6) is 0. The molecule has 18 heavy (non-hydrogen) atoms. The van der Waals surface area contributed by atoms with Gasteiger partial charge in [-0.15, -0.1) is 0 Å². The lowest BCUT2D eigenvalue weighted by Crippen LogP contribution is -2.46. The van der Waals surface area contributed by atoms with Crippen LogP contribution in [0, 0.1) is 0 Å². The minimum absolute atomic E-state index is 0.277. The predicted molar refractivity (Wildman–Crippen MR) is 71.0 cm³/mol. The fourth-order valence-corrected chi connectivity index (χ4v) is 3.80. The van der Waals surface area contributed by atoms with Crippen molar-refractivity contribution in [1.29, 1.82) is 0 Å². The molecule has 1 fully saturated rings. The summed E-state index contributed by atoms with van der Waals surface area (Å²) in [5.41, 5.74) is 1.28. The van der Waals surface area contributed by atoms with Gasteiger partial charge in [0, 0.05) is 13.1 Å². The third-order valence-electron chi connectivity index (χ3n) is 3.59. The Morgan fingerprint density at radius 1 is 1.56 bits per heavy atom. The van der Waals surface area contributed by atoms with Gasteiger partial charge in [0.15, 0.2) is 0 Å². The van der Waals surface area contributed by atoms with Gasteiger partial charge in [0.2, 0.25) is 10.0 Å². The third kappa shape index (κ3) is 3.54. The quantitative estimate of drug-likeness (QED) is 0.751. The highest BCUT2D eigenvalue weighted by Gasteiger charge is 2.29. The smallest absolute Gasteiger partial charge is 0.215 e. The van der Waals surface area contributed by atoms with E-state index in [9.17, 15) is 8.42 Å². The molecule has 104 valence electrons. The lowest BCUT2D eigenvalue weighted by Gasteiger charge is -2.33. The number of nitrogens with one attached hydrogen (secondary N) is 1. The van der Waals surface area contributed by atoms with Crippen molar-refractivity contribution in [2.75, 3.05) is 39.9 Å². The lowest BCUT2D eigenvalue weighted by molar-refractivity contribution is 0.139. The van der Waals surface area contributed by atoms with E-state index in [1.165, 1.54) is 12.6 Å². The molecule has 1 atom stereocenters. The van der Waals surface area contributed by atoms with Crippen LogP contribution in [0.2, 0.25) is 0 Å². The van der Waals surface area contributed by atoms with Gasteiger partial charge >= 0.3 is 0 Å². The Bertz CT molecular complexity index is 406. The van der Waals surface area contributed by atoms with E-state index in [1.54, 1.807) is 0 Å². The van der Waals surface area contributed by atoms with Gasteiger partial charge in [0.1, 0.15) is 0 Å². The van der Waals surface area contributed by atoms with Gasteiger partial charge < -0.3 is 4.74 Å². The monoisotopic (exact) mass is 274 g/mol. The highest BCUT2D eigenvalue weighted by atomic mass is 32.2. The molecule has 1 N–H and O–H groups in total. The second-order valence-electron chi connectivity index (χ2n) is 4.95. The summed E-state index contributed by atoms with van der Waals surface area (Å²) in [7, 11) is -1.65. The number of ether oxygens (including phenoxy) is 1. The van der Waals surface area contributed by atoms with E-state index in [-0.39, 0.29) is 5.25 Å². The van der Waals surface area contributed by atoms with Crippen molar-refractivity contribution in [3.63, 3.8) is 0 Å². The summed E-state index contributed by atoms with van der Waals surface area (Å²) in [4.78, 5) is 2.23. The lowest BCUT2D eigenvalue weighted by atomic mass is 10.1. The van der Waals surface area contributed by atoms with Crippen molar-refractivity contribution in [1.82, 2.24) is 9.62 Å². The SMILES string of the molecule is CNS(=O)(=O)C1CCCN(CC2=CCCOC2)C1. The molecule has 0 aromatic heterocycles. The Morgan fingerprint density at radius 3 is 3.06 bits per heavy atom. The van der Waals surface area contributed by atoms with Crippen molar-refractivity contribution in [2.24, 2.45) is 0 Å². The maximum Gasteiger partial charge on any atom is 0.215 e. The van der Waals surface area contributed by atoms with Crippen LogP contribution in [0.15, 0.2) is 11.6 Å². The molecular formula is C12H22N2O3S. The molecule has 0 amide bonds. The van der Waals surface area contributed by atoms with Crippen LogP contribution in [-0.2, 0) is 14.8 Å². The molecule has 0 aromatic carbocycles. The number of rotatable bonds is 4. The van der Waals surface area contributed by atoms with Crippen LogP contribution in [0.5, 0.6) is 0 Å². The molecule has 2 heterocycles. The van der Waals surface area contributed by atoms with Gasteiger partial charge in [0.05, 0.1) is 18.5 Å². The molecule has 0 aromatic rings. The average Bonchev–Trinajstić information content (AvgIpc) is 2.40. The summed E-state index contributed by atoms with van der Waals surface area (Å²) in [5, 5.41) is -0.277. The van der Waals surface area contributed by atoms with Crippen LogP contribution >= 0.6 is 0 Å². The number of sulfonamides is 1. The van der Waals surface area contributed by atoms with Crippen LogP contribution < -0.4 is 4.72 Å². The normalized spacial score (nSPS) is 26.9. The topological polar surface area (TPSA) is 58.6 Å². The summed E-state index contributed by atoms with van der Waals surface area (Å²) in [6, 6.07) is 0. The Hall–Kier alpha value is -0.430. The average molecular weight is 274 g/mol. The first-order chi connectivity index (χ1) is 8.62. The molecule has 2 rings (SSSR count). The van der Waals surface area contributed by atoms with E-state index >= 15 is 0 Å². The first kappa shape index (κ1) is 14.0. The number of nitrogens with zero attached hydrogens (tertiary/aromatic N) is 1. The van der Waals surface area contributed by atoms with Gasteiger partial charge in [-0.05, 0) is 38.4 Å². The van der Waals surface area contributed by atoms with E-state index in [4.69, 9.17) is 4.74 Å². The van der Waals surface area contributed by atoms with Gasteiger partial charge in [-0.1, -0.05) is 6.08 Å². The van der Waals surface area contributed by atoms with Crippen molar-refractivity contribution in [3.8, 4) is 0 Å². The Morgan fingerprint density at radius 2 is 2.39 bits per heavy atom. The minimum atomic E-state index is -3.14. The highest BCUT2D eigenvalue weighted by Crippen LogP contribution is 2.18. The van der Waals surface area contributed by atoms with Crippen molar-refractivity contribution >= 4 is 10.0 Å². The zero-order valence-electron chi connectivity index (χ0n) is 10.9. The van der Waals surface area contributed by atoms with Crippen molar-refractivity contribution < 1.29 is 13.2 Å². The van der Waals surface area contributed by atoms with E-state index in [1.807, 2.05) is 0 Å². The van der Waals surface area contributed by atoms with Crippen LogP contribution in [0.4, 0.5) is 0 Å². The second-order valence-corrected chi connectivity index (χ2v) is 7.12. The predicted octanol–water partition coefficient (Wildman–Crippen LogP) is 0.347. The maximum absolute atomic E-state index is 11.8.